The first-order chi connectivity index (χ1) is 11.4. The lowest BCUT2D eigenvalue weighted by atomic mass is 9.72. The van der Waals surface area contributed by atoms with Crippen LogP contribution < -0.4 is 14.8 Å². The smallest absolute Gasteiger partial charge is 0.322 e. The number of hydrogen-bond acceptors (Lipinski definition) is 4. The van der Waals surface area contributed by atoms with E-state index in [2.05, 4.69) is 19.2 Å². The molecule has 2 aliphatic heterocycles. The summed E-state index contributed by atoms with van der Waals surface area (Å²) < 4.78 is 10.8. The average molecular weight is 328 g/mol. The number of rotatable bonds is 1. The lowest BCUT2D eigenvalue weighted by Gasteiger charge is -2.42. The minimum Gasteiger partial charge on any atom is -0.454 e. The fourth-order valence-electron chi connectivity index (χ4n) is 3.69. The molecule has 0 unspecified atom stereocenters. The first-order valence-corrected chi connectivity index (χ1v) is 8.06. The molecular weight excluding hydrogens is 308 g/mol. The molecule has 3 aliphatic rings. The van der Waals surface area contributed by atoms with E-state index in [1.165, 1.54) is 0 Å². The van der Waals surface area contributed by atoms with Crippen molar-refractivity contribution < 1.29 is 19.1 Å². The monoisotopic (exact) mass is 328 g/mol. The summed E-state index contributed by atoms with van der Waals surface area (Å²) in [6, 6.07) is 4.90. The van der Waals surface area contributed by atoms with Crippen LogP contribution in [0.4, 0.5) is 4.79 Å². The Labute approximate surface area is 140 Å². The number of Topliss-reactive ketones (excluding diaryl/α,β-unsaturated/α-hetero) is 1. The molecule has 4 rings (SSSR count). The van der Waals surface area contributed by atoms with Gasteiger partial charge in [0.05, 0.1) is 6.04 Å². The van der Waals surface area contributed by atoms with E-state index >= 15 is 0 Å². The van der Waals surface area contributed by atoms with Crippen molar-refractivity contribution in [2.45, 2.75) is 32.7 Å². The minimum absolute atomic E-state index is 0.0933. The number of hydrogen-bond donors (Lipinski definition) is 1. The number of nitrogens with one attached hydrogen (secondary N) is 1. The maximum absolute atomic E-state index is 12.8. The first-order valence-electron chi connectivity index (χ1n) is 8.06. The van der Waals surface area contributed by atoms with E-state index in [9.17, 15) is 9.59 Å². The number of nitrogens with zero attached hydrogens (tertiary/aromatic N) is 1. The van der Waals surface area contributed by atoms with Crippen molar-refractivity contribution in [1.82, 2.24) is 10.2 Å². The van der Waals surface area contributed by atoms with Gasteiger partial charge in [0.15, 0.2) is 17.3 Å². The fraction of sp³-hybridized carbons (Fsp3) is 0.444. The number of amides is 2. The molecule has 0 spiro atoms. The van der Waals surface area contributed by atoms with Gasteiger partial charge in [0, 0.05) is 24.7 Å². The van der Waals surface area contributed by atoms with Gasteiger partial charge in [-0.05, 0) is 29.5 Å². The highest BCUT2D eigenvalue weighted by Crippen LogP contribution is 2.45. The molecule has 1 aromatic carbocycles. The molecule has 1 N–H and O–H groups in total. The van der Waals surface area contributed by atoms with Gasteiger partial charge in [0.2, 0.25) is 6.79 Å². The first kappa shape index (κ1) is 15.1. The number of ether oxygens (including phenoxy) is 2. The summed E-state index contributed by atoms with van der Waals surface area (Å²) in [5.74, 6) is 1.42. The number of carbonyl (C=O) groups is 2. The summed E-state index contributed by atoms with van der Waals surface area (Å²) >= 11 is 0. The molecule has 24 heavy (non-hydrogen) atoms. The Kier molecular flexibility index (Phi) is 3.13. The Bertz CT molecular complexity index is 781. The minimum atomic E-state index is -0.443. The van der Waals surface area contributed by atoms with Crippen LogP contribution in [0, 0.1) is 5.41 Å². The Morgan fingerprint density at radius 2 is 1.92 bits per heavy atom. The van der Waals surface area contributed by atoms with E-state index in [4.69, 9.17) is 9.47 Å². The number of allylic oxidation sites excluding steroid dienone is 1. The van der Waals surface area contributed by atoms with Gasteiger partial charge >= 0.3 is 6.03 Å². The largest absolute Gasteiger partial charge is 0.454 e. The molecule has 6 heteroatoms. The summed E-state index contributed by atoms with van der Waals surface area (Å²) in [5.41, 5.74) is 2.21. The number of ketones is 1. The van der Waals surface area contributed by atoms with Gasteiger partial charge in [-0.15, -0.1) is 0 Å². The molecule has 0 radical (unpaired) electrons. The van der Waals surface area contributed by atoms with Crippen molar-refractivity contribution in [3.05, 3.63) is 35.0 Å². The van der Waals surface area contributed by atoms with Gasteiger partial charge in [0.25, 0.3) is 0 Å². The topological polar surface area (TPSA) is 67.9 Å². The molecule has 1 atom stereocenters. The molecule has 126 valence electrons. The highest BCUT2D eigenvalue weighted by molar-refractivity contribution is 6.01. The fourth-order valence-corrected chi connectivity index (χ4v) is 3.69. The van der Waals surface area contributed by atoms with Crippen molar-refractivity contribution in [3.8, 4) is 11.5 Å². The molecule has 1 aliphatic carbocycles. The highest BCUT2D eigenvalue weighted by Gasteiger charge is 2.42. The molecule has 6 nitrogen and oxygen atoms in total. The quantitative estimate of drug-likeness (QED) is 0.861. The Balaban J connectivity index is 1.82. The number of urea groups is 1. The molecule has 0 fully saturated rings. The van der Waals surface area contributed by atoms with Crippen LogP contribution in [0.1, 0.15) is 38.3 Å². The van der Waals surface area contributed by atoms with Crippen LogP contribution >= 0.6 is 0 Å². The molecule has 0 saturated heterocycles. The standard InChI is InChI=1S/C18H20N2O4/c1-18(2)7-11-15(12(21)8-18)16(19-17(22)20(11)3)10-4-5-13-14(6-10)24-9-23-13/h4-6,16H,7-9H2,1-3H3,(H,19,22)/t16-/m1/s1. The van der Waals surface area contributed by atoms with Crippen LogP contribution in [0.25, 0.3) is 0 Å². The van der Waals surface area contributed by atoms with Gasteiger partial charge in [-0.1, -0.05) is 19.9 Å². The van der Waals surface area contributed by atoms with Crippen molar-refractivity contribution in [1.29, 1.82) is 0 Å². The van der Waals surface area contributed by atoms with Gasteiger partial charge in [-0.3, -0.25) is 4.79 Å². The molecule has 0 saturated carbocycles. The van der Waals surface area contributed by atoms with Crippen LogP contribution in [-0.2, 0) is 4.79 Å². The lowest BCUT2D eigenvalue weighted by molar-refractivity contribution is -0.118. The maximum atomic E-state index is 12.8. The second-order valence-electron chi connectivity index (χ2n) is 7.36. The van der Waals surface area contributed by atoms with Crippen LogP contribution in [-0.4, -0.2) is 30.6 Å². The Hall–Kier alpha value is -2.50. The molecule has 1 aromatic rings. The van der Waals surface area contributed by atoms with E-state index in [0.717, 1.165) is 11.3 Å². The van der Waals surface area contributed by atoms with Crippen molar-refractivity contribution >= 4 is 11.8 Å². The summed E-state index contributed by atoms with van der Waals surface area (Å²) in [7, 11) is 1.72. The Morgan fingerprint density at radius 3 is 2.71 bits per heavy atom. The lowest BCUT2D eigenvalue weighted by Crippen LogP contribution is -2.49. The predicted octanol–water partition coefficient (Wildman–Crippen LogP) is 2.75. The average Bonchev–Trinajstić information content (AvgIpc) is 2.97. The zero-order valence-corrected chi connectivity index (χ0v) is 14.0. The van der Waals surface area contributed by atoms with Crippen LogP contribution in [0.2, 0.25) is 0 Å². The summed E-state index contributed by atoms with van der Waals surface area (Å²) in [6.07, 6.45) is 1.19. The van der Waals surface area contributed by atoms with Crippen molar-refractivity contribution in [3.63, 3.8) is 0 Å². The van der Waals surface area contributed by atoms with E-state index < -0.39 is 6.04 Å². The summed E-state index contributed by atoms with van der Waals surface area (Å²) in [4.78, 5) is 26.8. The molecular formula is C18H20N2O4. The second-order valence-corrected chi connectivity index (χ2v) is 7.36. The summed E-state index contributed by atoms with van der Waals surface area (Å²) in [5, 5.41) is 2.94. The zero-order chi connectivity index (χ0) is 17.1. The van der Waals surface area contributed by atoms with E-state index in [-0.39, 0.29) is 24.0 Å². The number of fused-ring (bicyclic) bond motifs is 1. The number of carbonyl (C=O) groups excluding carboxylic acids is 2. The SMILES string of the molecule is CN1C(=O)N[C@H](c2ccc3c(c2)OCO3)C2=C1CC(C)(C)CC2=O. The van der Waals surface area contributed by atoms with E-state index in [1.54, 1.807) is 11.9 Å². The van der Waals surface area contributed by atoms with Gasteiger partial charge in [0.1, 0.15) is 0 Å². The molecule has 2 amide bonds. The van der Waals surface area contributed by atoms with Crippen molar-refractivity contribution in [2.24, 2.45) is 5.41 Å². The van der Waals surface area contributed by atoms with E-state index in [1.807, 2.05) is 18.2 Å². The normalized spacial score (nSPS) is 24.8. The molecule has 0 bridgehead atoms. The summed E-state index contributed by atoms with van der Waals surface area (Å²) in [6.45, 7) is 4.31. The second kappa shape index (κ2) is 5.00. The zero-order valence-electron chi connectivity index (χ0n) is 14.0. The predicted molar refractivity (Wildman–Crippen MR) is 86.6 cm³/mol. The maximum Gasteiger partial charge on any atom is 0.322 e. The van der Waals surface area contributed by atoms with Crippen LogP contribution in [0.5, 0.6) is 11.5 Å². The molecule has 2 heterocycles. The third-order valence-electron chi connectivity index (χ3n) is 4.89. The Morgan fingerprint density at radius 1 is 1.17 bits per heavy atom. The van der Waals surface area contributed by atoms with Crippen LogP contribution in [0.15, 0.2) is 29.5 Å². The van der Waals surface area contributed by atoms with Crippen LogP contribution in [0.3, 0.4) is 0 Å². The third kappa shape index (κ3) is 2.25. The van der Waals surface area contributed by atoms with E-state index in [0.29, 0.717) is 29.9 Å². The number of benzene rings is 1. The third-order valence-corrected chi connectivity index (χ3v) is 4.89. The van der Waals surface area contributed by atoms with Gasteiger partial charge in [-0.25, -0.2) is 4.79 Å². The van der Waals surface area contributed by atoms with Gasteiger partial charge in [-0.2, -0.15) is 0 Å². The van der Waals surface area contributed by atoms with Gasteiger partial charge < -0.3 is 19.7 Å². The molecule has 0 aromatic heterocycles. The van der Waals surface area contributed by atoms with Crippen molar-refractivity contribution in [2.75, 3.05) is 13.8 Å². The highest BCUT2D eigenvalue weighted by atomic mass is 16.7.